The van der Waals surface area contributed by atoms with Crippen LogP contribution in [0.3, 0.4) is 0 Å². The van der Waals surface area contributed by atoms with Crippen LogP contribution in [0.5, 0.6) is 0 Å². The molecule has 9 heteroatoms. The van der Waals surface area contributed by atoms with E-state index in [4.69, 9.17) is 4.74 Å². The zero-order valence-corrected chi connectivity index (χ0v) is 21.2. The molecule has 2 unspecified atom stereocenters. The van der Waals surface area contributed by atoms with Gasteiger partial charge in [-0.2, -0.15) is 0 Å². The van der Waals surface area contributed by atoms with Crippen molar-refractivity contribution >= 4 is 29.3 Å². The van der Waals surface area contributed by atoms with E-state index in [1.165, 1.54) is 53.4 Å². The summed E-state index contributed by atoms with van der Waals surface area (Å²) in [6, 6.07) is 25.8. The Labute approximate surface area is 229 Å². The van der Waals surface area contributed by atoms with Crippen LogP contribution < -0.4 is 10.6 Å². The smallest absolute Gasteiger partial charge is 0.411 e. The maximum Gasteiger partial charge on any atom is 0.411 e. The molecule has 0 saturated carbocycles. The zero-order valence-electron chi connectivity index (χ0n) is 21.2. The lowest BCUT2D eigenvalue weighted by Gasteiger charge is -2.24. The van der Waals surface area contributed by atoms with Gasteiger partial charge < -0.3 is 15.4 Å². The van der Waals surface area contributed by atoms with E-state index >= 15 is 0 Å². The van der Waals surface area contributed by atoms with Crippen LogP contribution in [0.15, 0.2) is 103 Å². The van der Waals surface area contributed by atoms with Gasteiger partial charge >= 0.3 is 6.09 Å². The average molecular weight is 542 g/mol. The number of anilines is 2. The first-order chi connectivity index (χ1) is 19.4. The highest BCUT2D eigenvalue weighted by atomic mass is 19.1. The van der Waals surface area contributed by atoms with Gasteiger partial charge in [0.05, 0.1) is 13.0 Å². The lowest BCUT2D eigenvalue weighted by atomic mass is 10.00. The van der Waals surface area contributed by atoms with Gasteiger partial charge in [0.15, 0.2) is 12.1 Å². The van der Waals surface area contributed by atoms with E-state index in [1.807, 2.05) is 30.3 Å². The molecule has 1 fully saturated rings. The zero-order chi connectivity index (χ0) is 28.1. The van der Waals surface area contributed by atoms with Crippen molar-refractivity contribution < 1.29 is 27.9 Å². The summed E-state index contributed by atoms with van der Waals surface area (Å²) in [5.41, 5.74) is 2.92. The Morgan fingerprint density at radius 1 is 0.725 bits per heavy atom. The summed E-state index contributed by atoms with van der Waals surface area (Å²) in [6.07, 6.45) is -1.47. The van der Waals surface area contributed by atoms with E-state index in [-0.39, 0.29) is 18.9 Å². The van der Waals surface area contributed by atoms with Crippen molar-refractivity contribution in [3.63, 3.8) is 0 Å². The number of rotatable bonds is 8. The number of hydrogen-bond donors (Lipinski definition) is 2. The normalized spacial score (nSPS) is 16.4. The summed E-state index contributed by atoms with van der Waals surface area (Å²) in [6.45, 7) is 0.00471. The van der Waals surface area contributed by atoms with Gasteiger partial charge in [-0.15, -0.1) is 0 Å². The lowest BCUT2D eigenvalue weighted by Crippen LogP contribution is -2.43. The van der Waals surface area contributed by atoms with E-state index < -0.39 is 35.8 Å². The number of hydrogen-bond acceptors (Lipinski definition) is 4. The molecule has 4 aromatic carbocycles. The average Bonchev–Trinajstić information content (AvgIpc) is 3.27. The number of halogens is 2. The van der Waals surface area contributed by atoms with E-state index in [2.05, 4.69) is 10.6 Å². The number of nitrogens with one attached hydrogen (secondary N) is 2. The molecule has 1 aliphatic rings. The molecule has 40 heavy (non-hydrogen) atoms. The van der Waals surface area contributed by atoms with Crippen molar-refractivity contribution in [2.45, 2.75) is 25.1 Å². The van der Waals surface area contributed by atoms with Gasteiger partial charge in [0.25, 0.3) is 5.91 Å². The molecule has 3 amide bonds. The number of cyclic esters (lactones) is 1. The summed E-state index contributed by atoms with van der Waals surface area (Å²) in [4.78, 5) is 40.2. The largest absolute Gasteiger partial charge is 0.438 e. The molecule has 2 atom stereocenters. The third kappa shape index (κ3) is 6.32. The Morgan fingerprint density at radius 2 is 1.30 bits per heavy atom. The van der Waals surface area contributed by atoms with Crippen molar-refractivity contribution in [2.75, 3.05) is 10.6 Å². The first-order valence-electron chi connectivity index (χ1n) is 12.6. The predicted molar refractivity (Wildman–Crippen MR) is 145 cm³/mol. The molecule has 0 radical (unpaired) electrons. The summed E-state index contributed by atoms with van der Waals surface area (Å²) in [5.74, 6) is -1.60. The Hall–Kier alpha value is -5.05. The second-order valence-corrected chi connectivity index (χ2v) is 9.33. The van der Waals surface area contributed by atoms with E-state index in [0.717, 1.165) is 5.56 Å². The minimum Gasteiger partial charge on any atom is -0.438 e. The van der Waals surface area contributed by atoms with Crippen LogP contribution in [-0.4, -0.2) is 28.8 Å². The van der Waals surface area contributed by atoms with E-state index in [0.29, 0.717) is 22.5 Å². The van der Waals surface area contributed by atoms with Crippen molar-refractivity contribution in [3.05, 3.63) is 131 Å². The molecule has 7 nitrogen and oxygen atoms in total. The van der Waals surface area contributed by atoms with Crippen LogP contribution in [0, 0.1) is 11.6 Å². The number of carbonyl (C=O) groups is 3. The Kier molecular flexibility index (Phi) is 7.82. The van der Waals surface area contributed by atoms with Crippen LogP contribution in [0.1, 0.15) is 22.8 Å². The second-order valence-electron chi connectivity index (χ2n) is 9.33. The van der Waals surface area contributed by atoms with Crippen molar-refractivity contribution in [1.82, 2.24) is 4.90 Å². The molecule has 4 aromatic rings. The molecule has 1 saturated heterocycles. The minimum absolute atomic E-state index is 0.00471. The molecule has 0 aliphatic carbocycles. The fraction of sp³-hybridized carbons (Fsp3) is 0.129. The molecular weight excluding hydrogens is 516 g/mol. The van der Waals surface area contributed by atoms with Gasteiger partial charge in [-0.25, -0.2) is 13.6 Å². The molecular formula is C31H25F2N3O4. The summed E-state index contributed by atoms with van der Waals surface area (Å²) >= 11 is 0. The van der Waals surface area contributed by atoms with Gasteiger partial charge in [0.1, 0.15) is 11.6 Å². The highest BCUT2D eigenvalue weighted by Crippen LogP contribution is 2.35. The number of carbonyl (C=O) groups excluding carboxylic acids is 3. The predicted octanol–water partition coefficient (Wildman–Crippen LogP) is 5.85. The van der Waals surface area contributed by atoms with Crippen LogP contribution in [0.4, 0.5) is 25.0 Å². The molecule has 1 heterocycles. The van der Waals surface area contributed by atoms with Gasteiger partial charge in [0, 0.05) is 11.4 Å². The number of ether oxygens (including phenoxy) is 1. The molecule has 5 rings (SSSR count). The molecule has 1 aliphatic heterocycles. The standard InChI is InChI=1S/C31H25F2N3O4/c32-23-10-6-21(7-11-23)19-36-28(30(38)35-26-16-12-24(33)13-17-26)29(40-31(36)39)22-8-14-25(15-9-22)34-27(37)18-20-4-2-1-3-5-20/h1-17,28-29H,18-19H2,(H,34,37)(H,35,38). The second kappa shape index (κ2) is 11.8. The number of nitrogens with zero attached hydrogens (tertiary/aromatic N) is 1. The van der Waals surface area contributed by atoms with Crippen LogP contribution in [0.2, 0.25) is 0 Å². The maximum atomic E-state index is 13.5. The van der Waals surface area contributed by atoms with Gasteiger partial charge in [-0.1, -0.05) is 54.6 Å². The van der Waals surface area contributed by atoms with Crippen LogP contribution >= 0.6 is 0 Å². The topological polar surface area (TPSA) is 87.7 Å². The third-order valence-electron chi connectivity index (χ3n) is 6.46. The van der Waals surface area contributed by atoms with Gasteiger partial charge in [-0.05, 0) is 65.2 Å². The van der Waals surface area contributed by atoms with Crippen LogP contribution in [-0.2, 0) is 27.3 Å². The van der Waals surface area contributed by atoms with Gasteiger partial charge in [-0.3, -0.25) is 14.5 Å². The molecule has 0 aromatic heterocycles. The maximum absolute atomic E-state index is 13.5. The third-order valence-corrected chi connectivity index (χ3v) is 6.46. The monoisotopic (exact) mass is 541 g/mol. The van der Waals surface area contributed by atoms with Crippen LogP contribution in [0.25, 0.3) is 0 Å². The molecule has 202 valence electrons. The number of benzene rings is 4. The Morgan fingerprint density at radius 3 is 1.95 bits per heavy atom. The number of amides is 3. The van der Waals surface area contributed by atoms with Crippen molar-refractivity contribution in [3.8, 4) is 0 Å². The van der Waals surface area contributed by atoms with Gasteiger partial charge in [0.2, 0.25) is 5.91 Å². The highest BCUT2D eigenvalue weighted by Gasteiger charge is 2.47. The summed E-state index contributed by atoms with van der Waals surface area (Å²) in [7, 11) is 0. The minimum atomic E-state index is -1.08. The van der Waals surface area contributed by atoms with E-state index in [1.54, 1.807) is 24.3 Å². The molecule has 0 spiro atoms. The SMILES string of the molecule is O=C(Cc1ccccc1)Nc1ccc(C2OC(=O)N(Cc3ccc(F)cc3)C2C(=O)Nc2ccc(F)cc2)cc1. The quantitative estimate of drug-likeness (QED) is 0.293. The van der Waals surface area contributed by atoms with Crippen molar-refractivity contribution in [2.24, 2.45) is 0 Å². The Balaban J connectivity index is 1.36. The van der Waals surface area contributed by atoms with Crippen molar-refractivity contribution in [1.29, 1.82) is 0 Å². The fourth-order valence-electron chi connectivity index (χ4n) is 4.49. The first kappa shape index (κ1) is 26.6. The molecule has 2 N–H and O–H groups in total. The Bertz CT molecular complexity index is 1490. The summed E-state index contributed by atoms with van der Waals surface area (Å²) in [5, 5.41) is 5.56. The lowest BCUT2D eigenvalue weighted by molar-refractivity contribution is -0.121. The van der Waals surface area contributed by atoms with E-state index in [9.17, 15) is 23.2 Å². The molecule has 0 bridgehead atoms. The highest BCUT2D eigenvalue weighted by molar-refractivity contribution is 5.98. The summed E-state index contributed by atoms with van der Waals surface area (Å²) < 4.78 is 32.5. The first-order valence-corrected chi connectivity index (χ1v) is 12.6. The fourth-order valence-corrected chi connectivity index (χ4v) is 4.49.